The zero-order chi connectivity index (χ0) is 22.8. The zero-order valence-electron chi connectivity index (χ0n) is 18.3. The molecule has 0 bridgehead atoms. The average molecular weight is 435 g/mol. The Balaban J connectivity index is 1.87. The summed E-state index contributed by atoms with van der Waals surface area (Å²) in [4.78, 5) is 16.5. The lowest BCUT2D eigenvalue weighted by Gasteiger charge is -2.24. The summed E-state index contributed by atoms with van der Waals surface area (Å²) >= 11 is 0. The van der Waals surface area contributed by atoms with Crippen molar-refractivity contribution in [3.8, 4) is 11.5 Å². The highest BCUT2D eigenvalue weighted by Crippen LogP contribution is 2.38. The third kappa shape index (κ3) is 4.81. The van der Waals surface area contributed by atoms with Gasteiger partial charge in [-0.25, -0.2) is 4.39 Å². The molecule has 0 spiro atoms. The molecule has 2 aromatic carbocycles. The highest BCUT2D eigenvalue weighted by Gasteiger charge is 2.26. The van der Waals surface area contributed by atoms with Crippen molar-refractivity contribution in [2.45, 2.75) is 51.7 Å². The second-order valence-electron chi connectivity index (χ2n) is 8.46. The number of aryl methyl sites for hydroxylation is 1. The first-order valence-electron chi connectivity index (χ1n) is 10.7. The van der Waals surface area contributed by atoms with Crippen LogP contribution < -0.4 is 4.74 Å². The molecule has 5 nitrogen and oxygen atoms in total. The number of ether oxygens (including phenoxy) is 2. The molecule has 1 N–H and O–H groups in total. The molecule has 166 valence electrons. The minimum atomic E-state index is -0.734. The van der Waals surface area contributed by atoms with Gasteiger partial charge in [0.05, 0.1) is 23.7 Å². The van der Waals surface area contributed by atoms with Gasteiger partial charge in [-0.15, -0.1) is 0 Å². The van der Waals surface area contributed by atoms with E-state index in [0.29, 0.717) is 34.4 Å². The van der Waals surface area contributed by atoms with E-state index in [1.807, 2.05) is 45.0 Å². The van der Waals surface area contributed by atoms with Crippen molar-refractivity contribution < 1.29 is 23.8 Å². The van der Waals surface area contributed by atoms with Crippen LogP contribution >= 0.6 is 0 Å². The summed E-state index contributed by atoms with van der Waals surface area (Å²) in [6, 6.07) is 12.1. The normalized spacial score (nSPS) is 19.0. The number of fused-ring (bicyclic) bond motifs is 1. The van der Waals surface area contributed by atoms with Gasteiger partial charge in [0.15, 0.2) is 0 Å². The van der Waals surface area contributed by atoms with E-state index in [9.17, 15) is 14.3 Å². The van der Waals surface area contributed by atoms with Crippen LogP contribution in [0.4, 0.5) is 4.39 Å². The molecule has 2 atom stereocenters. The number of carbonyl (C=O) groups is 1. The molecule has 2 heterocycles. The molecule has 0 unspecified atom stereocenters. The first kappa shape index (κ1) is 22.0. The zero-order valence-corrected chi connectivity index (χ0v) is 18.3. The van der Waals surface area contributed by atoms with Crippen molar-refractivity contribution in [3.63, 3.8) is 0 Å². The fraction of sp³-hybridized carbons (Fsp3) is 0.308. The van der Waals surface area contributed by atoms with Gasteiger partial charge in [-0.3, -0.25) is 9.78 Å². The minimum absolute atomic E-state index is 0.000110. The summed E-state index contributed by atoms with van der Waals surface area (Å²) in [5, 5.41) is 10.5. The lowest BCUT2D eigenvalue weighted by molar-refractivity contribution is -0.156. The Morgan fingerprint density at radius 2 is 2.06 bits per heavy atom. The van der Waals surface area contributed by atoms with Crippen LogP contribution in [0.15, 0.2) is 48.5 Å². The second-order valence-corrected chi connectivity index (χ2v) is 8.46. The Bertz CT molecular complexity index is 1190. The Morgan fingerprint density at radius 3 is 2.78 bits per heavy atom. The van der Waals surface area contributed by atoms with Crippen molar-refractivity contribution >= 4 is 22.9 Å². The minimum Gasteiger partial charge on any atom is -0.458 e. The van der Waals surface area contributed by atoms with E-state index in [-0.39, 0.29) is 18.2 Å². The predicted octanol–water partition coefficient (Wildman–Crippen LogP) is 5.68. The molecule has 6 heteroatoms. The second kappa shape index (κ2) is 9.09. The number of rotatable bonds is 5. The van der Waals surface area contributed by atoms with Crippen LogP contribution in [-0.2, 0) is 9.53 Å². The molecular formula is C26H26FNO4. The maximum Gasteiger partial charge on any atom is 0.309 e. The SMILES string of the molecule is Cc1cccc(Oc2c(/C=C/[C@@H]3C[C@@H](O)CC(=O)O3)c(C(C)C)nc3ccc(F)cc23)c1. The van der Waals surface area contributed by atoms with E-state index in [1.54, 1.807) is 18.2 Å². The highest BCUT2D eigenvalue weighted by atomic mass is 19.1. The van der Waals surface area contributed by atoms with Crippen LogP contribution in [0, 0.1) is 12.7 Å². The smallest absolute Gasteiger partial charge is 0.309 e. The van der Waals surface area contributed by atoms with Gasteiger partial charge >= 0.3 is 5.97 Å². The van der Waals surface area contributed by atoms with Crippen LogP contribution in [0.2, 0.25) is 0 Å². The molecule has 4 rings (SSSR count). The van der Waals surface area contributed by atoms with Gasteiger partial charge in [0.1, 0.15) is 23.4 Å². The standard InChI is InChI=1S/C26H26FNO4/c1-15(2)25-21(9-8-20-13-18(29)14-24(30)31-20)26(32-19-6-4-5-16(3)11-19)22-12-17(27)7-10-23(22)28-25/h4-12,15,18,20,29H,13-14H2,1-3H3/b9-8+/t18-,20-/m1/s1. The van der Waals surface area contributed by atoms with Gasteiger partial charge in [0, 0.05) is 17.4 Å². The number of hydrogen-bond donors (Lipinski definition) is 1. The van der Waals surface area contributed by atoms with E-state index >= 15 is 0 Å². The van der Waals surface area contributed by atoms with Crippen molar-refractivity contribution in [3.05, 3.63) is 71.2 Å². The van der Waals surface area contributed by atoms with Crippen LogP contribution in [0.3, 0.4) is 0 Å². The molecule has 1 aliphatic heterocycles. The molecule has 0 aliphatic carbocycles. The lowest BCUT2D eigenvalue weighted by atomic mass is 9.98. The maximum atomic E-state index is 14.2. The van der Waals surface area contributed by atoms with Gasteiger partial charge in [-0.05, 0) is 60.9 Å². The van der Waals surface area contributed by atoms with E-state index in [2.05, 4.69) is 0 Å². The lowest BCUT2D eigenvalue weighted by Crippen LogP contribution is -2.31. The van der Waals surface area contributed by atoms with Crippen LogP contribution in [0.5, 0.6) is 11.5 Å². The Hall–Kier alpha value is -3.25. The molecule has 1 aromatic heterocycles. The number of carbonyl (C=O) groups excluding carboxylic acids is 1. The van der Waals surface area contributed by atoms with Gasteiger partial charge < -0.3 is 14.6 Å². The Morgan fingerprint density at radius 1 is 1.25 bits per heavy atom. The van der Waals surface area contributed by atoms with Gasteiger partial charge in [-0.2, -0.15) is 0 Å². The summed E-state index contributed by atoms with van der Waals surface area (Å²) in [7, 11) is 0. The monoisotopic (exact) mass is 435 g/mol. The molecule has 1 aliphatic rings. The predicted molar refractivity (Wildman–Crippen MR) is 121 cm³/mol. The number of aromatic nitrogens is 1. The number of benzene rings is 2. The van der Waals surface area contributed by atoms with Crippen molar-refractivity contribution in [1.29, 1.82) is 0 Å². The van der Waals surface area contributed by atoms with E-state index in [1.165, 1.54) is 12.1 Å². The van der Waals surface area contributed by atoms with Crippen LogP contribution in [0.25, 0.3) is 17.0 Å². The number of aliphatic hydroxyl groups is 1. The molecule has 0 amide bonds. The number of cyclic esters (lactones) is 1. The number of pyridine rings is 1. The molecule has 32 heavy (non-hydrogen) atoms. The van der Waals surface area contributed by atoms with E-state index in [4.69, 9.17) is 14.5 Å². The number of halogens is 1. The quantitative estimate of drug-likeness (QED) is 0.523. The molecule has 1 saturated heterocycles. The molecule has 0 saturated carbocycles. The average Bonchev–Trinajstić information content (AvgIpc) is 2.72. The van der Waals surface area contributed by atoms with Crippen LogP contribution in [-0.4, -0.2) is 28.3 Å². The van der Waals surface area contributed by atoms with Crippen molar-refractivity contribution in [1.82, 2.24) is 4.98 Å². The van der Waals surface area contributed by atoms with Gasteiger partial charge in [0.2, 0.25) is 0 Å². The van der Waals surface area contributed by atoms with Gasteiger partial charge in [-0.1, -0.05) is 26.0 Å². The summed E-state index contributed by atoms with van der Waals surface area (Å²) in [6.07, 6.45) is 2.57. The number of esters is 1. The van der Waals surface area contributed by atoms with Crippen molar-refractivity contribution in [2.75, 3.05) is 0 Å². The van der Waals surface area contributed by atoms with E-state index in [0.717, 1.165) is 11.3 Å². The fourth-order valence-corrected chi connectivity index (χ4v) is 3.88. The number of nitrogens with zero attached hydrogens (tertiary/aromatic N) is 1. The van der Waals surface area contributed by atoms with Crippen LogP contribution in [0.1, 0.15) is 49.4 Å². The van der Waals surface area contributed by atoms with E-state index < -0.39 is 18.2 Å². The number of hydrogen-bond acceptors (Lipinski definition) is 5. The largest absolute Gasteiger partial charge is 0.458 e. The highest BCUT2D eigenvalue weighted by molar-refractivity contribution is 5.90. The number of aliphatic hydroxyl groups excluding tert-OH is 1. The maximum absolute atomic E-state index is 14.2. The molecular weight excluding hydrogens is 409 g/mol. The molecule has 3 aromatic rings. The molecule has 1 fully saturated rings. The third-order valence-corrected chi connectivity index (χ3v) is 5.39. The third-order valence-electron chi connectivity index (χ3n) is 5.39. The summed E-state index contributed by atoms with van der Waals surface area (Å²) in [5.41, 5.74) is 3.15. The summed E-state index contributed by atoms with van der Waals surface area (Å²) in [5.74, 6) is 0.360. The first-order valence-corrected chi connectivity index (χ1v) is 10.7. The Kier molecular flexibility index (Phi) is 6.24. The molecule has 0 radical (unpaired) electrons. The van der Waals surface area contributed by atoms with Crippen molar-refractivity contribution in [2.24, 2.45) is 0 Å². The summed E-state index contributed by atoms with van der Waals surface area (Å²) < 4.78 is 25.9. The first-order chi connectivity index (χ1) is 15.3. The van der Waals surface area contributed by atoms with Gasteiger partial charge in [0.25, 0.3) is 0 Å². The Labute approximate surface area is 186 Å². The summed E-state index contributed by atoms with van der Waals surface area (Å²) in [6.45, 7) is 6.02. The fourth-order valence-electron chi connectivity index (χ4n) is 3.88. The topological polar surface area (TPSA) is 68.7 Å².